The van der Waals surface area contributed by atoms with Gasteiger partial charge in [0.05, 0.1) is 18.5 Å². The molecule has 0 bridgehead atoms. The summed E-state index contributed by atoms with van der Waals surface area (Å²) in [7, 11) is 1.62. The zero-order valence-electron chi connectivity index (χ0n) is 15.9. The summed E-state index contributed by atoms with van der Waals surface area (Å²) in [6.07, 6.45) is 0.627. The summed E-state index contributed by atoms with van der Waals surface area (Å²) in [4.78, 5) is 32.8. The largest absolute Gasteiger partial charge is 0.354 e. The highest BCUT2D eigenvalue weighted by molar-refractivity contribution is 9.10. The normalized spacial score (nSPS) is 23.7. The van der Waals surface area contributed by atoms with Crippen LogP contribution in [0.2, 0.25) is 0 Å². The van der Waals surface area contributed by atoms with E-state index in [0.717, 1.165) is 16.9 Å². The van der Waals surface area contributed by atoms with Crippen molar-refractivity contribution in [1.82, 2.24) is 20.0 Å². The van der Waals surface area contributed by atoms with Gasteiger partial charge in [0.25, 0.3) is 5.91 Å². The lowest BCUT2D eigenvalue weighted by atomic mass is 9.93. The van der Waals surface area contributed by atoms with Crippen molar-refractivity contribution in [2.24, 2.45) is 0 Å². The third kappa shape index (κ3) is 4.18. The molecule has 2 aromatic rings. The lowest BCUT2D eigenvalue weighted by Gasteiger charge is -2.44. The minimum atomic E-state index is -0.884. The molecule has 1 aromatic carbocycles. The number of carbonyl (C=O) groups excluding carboxylic acids is 2. The molecule has 1 aliphatic heterocycles. The van der Waals surface area contributed by atoms with Crippen LogP contribution in [0.5, 0.6) is 0 Å². The van der Waals surface area contributed by atoms with Gasteiger partial charge in [0.2, 0.25) is 11.9 Å². The van der Waals surface area contributed by atoms with Crippen LogP contribution in [-0.2, 0) is 9.53 Å². The molecule has 4 rings (SSSR count). The molecule has 0 radical (unpaired) electrons. The predicted octanol–water partition coefficient (Wildman–Crippen LogP) is 2.84. The summed E-state index contributed by atoms with van der Waals surface area (Å²) in [5, 5.41) is 5.19. The van der Waals surface area contributed by atoms with E-state index in [4.69, 9.17) is 4.74 Å². The zero-order valence-corrected chi connectivity index (χ0v) is 17.5. The van der Waals surface area contributed by atoms with E-state index in [1.165, 1.54) is 10.0 Å². The van der Waals surface area contributed by atoms with Crippen molar-refractivity contribution in [1.29, 1.82) is 0 Å². The average Bonchev–Trinajstić information content (AvgIpc) is 2.68. The number of carbonyl (C=O) groups is 2. The van der Waals surface area contributed by atoms with Crippen molar-refractivity contribution in [2.45, 2.75) is 31.3 Å². The van der Waals surface area contributed by atoms with Crippen molar-refractivity contribution in [2.75, 3.05) is 18.9 Å². The standard InChI is InChI=1S/C19H18BrF2N5O3/c1-26-18(30-13-5-11(21)6-13)15-4-10(20)2-3-14(15)17(29)27(26)9-16(28)25-19-23-7-12(22)8-24-19/h2-4,7-8,11,13,18H,5-6,9H2,1H3,(H,23,24,25,28). The van der Waals surface area contributed by atoms with Crippen LogP contribution >= 0.6 is 15.9 Å². The van der Waals surface area contributed by atoms with Gasteiger partial charge in [-0.15, -0.1) is 0 Å². The summed E-state index contributed by atoms with van der Waals surface area (Å²) in [6.45, 7) is -0.332. The molecule has 1 fully saturated rings. The summed E-state index contributed by atoms with van der Waals surface area (Å²) >= 11 is 3.40. The molecule has 1 aromatic heterocycles. The molecular formula is C19H18BrF2N5O3. The van der Waals surface area contributed by atoms with E-state index >= 15 is 0 Å². The summed E-state index contributed by atoms with van der Waals surface area (Å²) < 4.78 is 33.0. The summed E-state index contributed by atoms with van der Waals surface area (Å²) in [5.74, 6) is -1.65. The molecule has 11 heteroatoms. The Kier molecular flexibility index (Phi) is 5.76. The number of anilines is 1. The van der Waals surface area contributed by atoms with Crippen LogP contribution < -0.4 is 5.32 Å². The first-order chi connectivity index (χ1) is 14.3. The maximum atomic E-state index is 13.3. The third-order valence-electron chi connectivity index (χ3n) is 4.99. The van der Waals surface area contributed by atoms with E-state index in [-0.39, 0.29) is 24.5 Å². The second-order valence-electron chi connectivity index (χ2n) is 7.12. The van der Waals surface area contributed by atoms with Gasteiger partial charge < -0.3 is 4.74 Å². The van der Waals surface area contributed by atoms with Gasteiger partial charge >= 0.3 is 0 Å². The van der Waals surface area contributed by atoms with E-state index in [1.54, 1.807) is 25.2 Å². The van der Waals surface area contributed by atoms with E-state index in [1.807, 2.05) is 0 Å². The van der Waals surface area contributed by atoms with Gasteiger partial charge in [-0.05, 0) is 18.2 Å². The van der Waals surface area contributed by atoms with Crippen molar-refractivity contribution in [3.8, 4) is 0 Å². The zero-order chi connectivity index (χ0) is 21.4. The van der Waals surface area contributed by atoms with E-state index in [2.05, 4.69) is 31.2 Å². The van der Waals surface area contributed by atoms with Gasteiger partial charge in [-0.2, -0.15) is 5.01 Å². The number of benzene rings is 1. The molecule has 158 valence electrons. The van der Waals surface area contributed by atoms with Gasteiger partial charge in [-0.3, -0.25) is 19.9 Å². The molecule has 0 saturated heterocycles. The number of aromatic nitrogens is 2. The second-order valence-corrected chi connectivity index (χ2v) is 8.04. The molecule has 0 spiro atoms. The van der Waals surface area contributed by atoms with Gasteiger partial charge in [0.15, 0.2) is 12.0 Å². The Balaban J connectivity index is 1.55. The van der Waals surface area contributed by atoms with Crippen molar-refractivity contribution in [3.05, 3.63) is 52.0 Å². The summed E-state index contributed by atoms with van der Waals surface area (Å²) in [5.41, 5.74) is 1.03. The van der Waals surface area contributed by atoms with Crippen LogP contribution in [0.25, 0.3) is 0 Å². The second kappa shape index (κ2) is 8.32. The number of alkyl halides is 1. The van der Waals surface area contributed by atoms with E-state index in [0.29, 0.717) is 24.0 Å². The molecule has 1 unspecified atom stereocenters. The number of amides is 2. The number of nitrogens with one attached hydrogen (secondary N) is 1. The topological polar surface area (TPSA) is 87.7 Å². The van der Waals surface area contributed by atoms with Crippen molar-refractivity contribution in [3.63, 3.8) is 0 Å². The van der Waals surface area contributed by atoms with Crippen LogP contribution in [0.15, 0.2) is 35.1 Å². The molecule has 1 N–H and O–H groups in total. The third-order valence-corrected chi connectivity index (χ3v) is 5.48. The van der Waals surface area contributed by atoms with Gasteiger partial charge in [-0.1, -0.05) is 15.9 Å². The van der Waals surface area contributed by atoms with Crippen LogP contribution in [0.4, 0.5) is 14.7 Å². The Bertz CT molecular complexity index is 971. The number of hydrogen-bond acceptors (Lipinski definition) is 6. The van der Waals surface area contributed by atoms with Crippen molar-refractivity contribution >= 4 is 33.7 Å². The minimum absolute atomic E-state index is 0.0749. The fourth-order valence-electron chi connectivity index (χ4n) is 3.36. The first kappa shape index (κ1) is 20.8. The fraction of sp³-hybridized carbons (Fsp3) is 0.368. The highest BCUT2D eigenvalue weighted by Crippen LogP contribution is 2.38. The minimum Gasteiger partial charge on any atom is -0.354 e. The summed E-state index contributed by atoms with van der Waals surface area (Å²) in [6, 6.07) is 5.16. The van der Waals surface area contributed by atoms with Crippen molar-refractivity contribution < 1.29 is 23.1 Å². The Hall–Kier alpha value is -2.50. The first-order valence-electron chi connectivity index (χ1n) is 9.23. The number of rotatable bonds is 5. The van der Waals surface area contributed by atoms with Crippen LogP contribution in [0, 0.1) is 5.82 Å². The molecule has 1 saturated carbocycles. The number of nitrogens with zero attached hydrogens (tertiary/aromatic N) is 4. The molecule has 8 nitrogen and oxygen atoms in total. The number of halogens is 3. The lowest BCUT2D eigenvalue weighted by Crippen LogP contribution is -2.54. The Morgan fingerprint density at radius 3 is 2.70 bits per heavy atom. The van der Waals surface area contributed by atoms with E-state index in [9.17, 15) is 18.4 Å². The molecule has 30 heavy (non-hydrogen) atoms. The highest BCUT2D eigenvalue weighted by atomic mass is 79.9. The van der Waals surface area contributed by atoms with Crippen LogP contribution in [0.3, 0.4) is 0 Å². The molecule has 2 amide bonds. The van der Waals surface area contributed by atoms with Crippen LogP contribution in [-0.4, -0.2) is 57.7 Å². The van der Waals surface area contributed by atoms with E-state index < -0.39 is 24.1 Å². The average molecular weight is 482 g/mol. The smallest absolute Gasteiger partial charge is 0.269 e. The van der Waals surface area contributed by atoms with Gasteiger partial charge in [0.1, 0.15) is 12.7 Å². The maximum Gasteiger partial charge on any atom is 0.269 e. The highest BCUT2D eigenvalue weighted by Gasteiger charge is 2.41. The number of ether oxygens (including phenoxy) is 1. The monoisotopic (exact) mass is 481 g/mol. The Morgan fingerprint density at radius 1 is 1.33 bits per heavy atom. The lowest BCUT2D eigenvalue weighted by molar-refractivity contribution is -0.190. The molecule has 1 atom stereocenters. The molecule has 2 heterocycles. The molecule has 1 aliphatic carbocycles. The number of hydrazine groups is 1. The molecular weight excluding hydrogens is 464 g/mol. The fourth-order valence-corrected chi connectivity index (χ4v) is 3.74. The molecule has 2 aliphatic rings. The first-order valence-corrected chi connectivity index (χ1v) is 10.0. The number of hydrogen-bond donors (Lipinski definition) is 1. The predicted molar refractivity (Wildman–Crippen MR) is 105 cm³/mol. The Labute approximate surface area is 179 Å². The quantitative estimate of drug-likeness (QED) is 0.706. The number of fused-ring (bicyclic) bond motifs is 1. The van der Waals surface area contributed by atoms with Gasteiger partial charge in [0, 0.05) is 35.5 Å². The Morgan fingerprint density at radius 2 is 2.03 bits per heavy atom. The van der Waals surface area contributed by atoms with Gasteiger partial charge in [-0.25, -0.2) is 18.7 Å². The maximum absolute atomic E-state index is 13.3. The van der Waals surface area contributed by atoms with Crippen LogP contribution in [0.1, 0.15) is 35.0 Å². The SMILES string of the molecule is CN1C(OC2CC(F)C2)c2cc(Br)ccc2C(=O)N1CC(=O)Nc1ncc(F)cn1.